The molecule has 0 saturated heterocycles. The number of fused-ring (bicyclic) bond motifs is 1. The van der Waals surface area contributed by atoms with Crippen LogP contribution in [0.3, 0.4) is 0 Å². The fraction of sp³-hybridized carbons (Fsp3) is 0.192. The van der Waals surface area contributed by atoms with E-state index in [-0.39, 0.29) is 17.7 Å². The number of nitrogens with zero attached hydrogens (tertiary/aromatic N) is 2. The number of aromatic nitrogens is 2. The molecule has 1 atom stereocenters. The van der Waals surface area contributed by atoms with Crippen molar-refractivity contribution in [2.45, 2.75) is 25.2 Å². The van der Waals surface area contributed by atoms with Crippen molar-refractivity contribution in [2.75, 3.05) is 5.32 Å². The molecule has 2 bridgehead atoms. The minimum absolute atomic E-state index is 0.0356. The average molecular weight is 424 g/mol. The summed E-state index contributed by atoms with van der Waals surface area (Å²) in [5, 5.41) is 5.69. The summed E-state index contributed by atoms with van der Waals surface area (Å²) in [6.07, 6.45) is 2.55. The summed E-state index contributed by atoms with van der Waals surface area (Å²) >= 11 is 1.44. The number of hydrogen-bond acceptors (Lipinski definition) is 4. The minimum Gasteiger partial charge on any atom is -0.301 e. The Morgan fingerprint density at radius 3 is 2.23 bits per heavy atom. The molecule has 3 aliphatic rings. The van der Waals surface area contributed by atoms with Gasteiger partial charge in [0.2, 0.25) is 5.91 Å². The standard InChI is InChI=1S/C26H21N3OS/c1-26(24(30)29-25-28-22(15-31-25)21-12-6-7-13-27-21)14-20-16-8-2-4-10-18(16)23(26)19-11-5-3-9-17(19)20/h2-13,15,20,23H,14H2,1H3,(H,28,29,30). The number of nitrogens with one attached hydrogen (secondary N) is 1. The maximum absolute atomic E-state index is 13.7. The number of thiazole rings is 1. The first-order valence-electron chi connectivity index (χ1n) is 10.5. The van der Waals surface area contributed by atoms with Crippen molar-refractivity contribution < 1.29 is 4.79 Å². The van der Waals surface area contributed by atoms with Gasteiger partial charge in [0.15, 0.2) is 5.13 Å². The fourth-order valence-corrected chi connectivity index (χ4v) is 6.09. The summed E-state index contributed by atoms with van der Waals surface area (Å²) < 4.78 is 0. The second-order valence-electron chi connectivity index (χ2n) is 8.57. The first-order valence-corrected chi connectivity index (χ1v) is 11.4. The molecule has 2 heterocycles. The van der Waals surface area contributed by atoms with E-state index in [2.05, 4.69) is 70.7 Å². The van der Waals surface area contributed by atoms with Gasteiger partial charge >= 0.3 is 0 Å². The molecule has 1 amide bonds. The van der Waals surface area contributed by atoms with Crippen molar-refractivity contribution in [2.24, 2.45) is 5.41 Å². The number of amides is 1. The summed E-state index contributed by atoms with van der Waals surface area (Å²) in [7, 11) is 0. The average Bonchev–Trinajstić information content (AvgIpc) is 3.28. The smallest absolute Gasteiger partial charge is 0.233 e. The van der Waals surface area contributed by atoms with E-state index in [4.69, 9.17) is 0 Å². The molecule has 152 valence electrons. The van der Waals surface area contributed by atoms with Gasteiger partial charge in [-0.2, -0.15) is 0 Å². The van der Waals surface area contributed by atoms with Crippen LogP contribution in [0.2, 0.25) is 0 Å². The Labute approximate surface area is 185 Å². The lowest BCUT2D eigenvalue weighted by Gasteiger charge is -2.50. The van der Waals surface area contributed by atoms with E-state index in [0.717, 1.165) is 17.8 Å². The highest BCUT2D eigenvalue weighted by Gasteiger charge is 2.53. The number of carbonyl (C=O) groups is 1. The van der Waals surface area contributed by atoms with Crippen LogP contribution in [0.5, 0.6) is 0 Å². The number of carbonyl (C=O) groups excluding carboxylic acids is 1. The third kappa shape index (κ3) is 2.77. The lowest BCUT2D eigenvalue weighted by atomic mass is 9.52. The predicted octanol–water partition coefficient (Wildman–Crippen LogP) is 5.83. The largest absolute Gasteiger partial charge is 0.301 e. The third-order valence-corrected chi connectivity index (χ3v) is 7.56. The molecular weight excluding hydrogens is 402 g/mol. The Bertz CT molecular complexity index is 1250. The molecule has 0 saturated carbocycles. The van der Waals surface area contributed by atoms with Gasteiger partial charge in [0.25, 0.3) is 0 Å². The molecule has 1 N–H and O–H groups in total. The topological polar surface area (TPSA) is 54.9 Å². The van der Waals surface area contributed by atoms with Crippen LogP contribution < -0.4 is 5.32 Å². The van der Waals surface area contributed by atoms with Crippen LogP contribution in [0.25, 0.3) is 11.4 Å². The number of anilines is 1. The Balaban J connectivity index is 1.36. The molecule has 0 aliphatic heterocycles. The zero-order valence-electron chi connectivity index (χ0n) is 17.1. The summed E-state index contributed by atoms with van der Waals surface area (Å²) in [6, 6.07) is 23.0. The van der Waals surface area contributed by atoms with Crippen LogP contribution in [0.1, 0.15) is 47.4 Å². The minimum atomic E-state index is -0.537. The molecule has 0 fully saturated rings. The summed E-state index contributed by atoms with van der Waals surface area (Å²) in [5.41, 5.74) is 6.35. The van der Waals surface area contributed by atoms with Gasteiger partial charge in [-0.3, -0.25) is 9.78 Å². The van der Waals surface area contributed by atoms with Crippen molar-refractivity contribution >= 4 is 22.4 Å². The molecule has 5 heteroatoms. The van der Waals surface area contributed by atoms with Crippen molar-refractivity contribution in [3.8, 4) is 11.4 Å². The second kappa shape index (κ2) is 6.86. The fourth-order valence-electron chi connectivity index (χ4n) is 5.39. The molecule has 2 aromatic heterocycles. The lowest BCUT2D eigenvalue weighted by Crippen LogP contribution is -2.47. The molecule has 0 radical (unpaired) electrons. The normalized spacial score (nSPS) is 23.1. The molecule has 3 aliphatic carbocycles. The highest BCUT2D eigenvalue weighted by Crippen LogP contribution is 2.61. The molecular formula is C26H21N3OS. The summed E-state index contributed by atoms with van der Waals surface area (Å²) in [6.45, 7) is 2.11. The zero-order valence-corrected chi connectivity index (χ0v) is 17.9. The van der Waals surface area contributed by atoms with Crippen LogP contribution in [0.15, 0.2) is 78.3 Å². The van der Waals surface area contributed by atoms with Crippen molar-refractivity contribution in [1.82, 2.24) is 9.97 Å². The van der Waals surface area contributed by atoms with E-state index in [1.54, 1.807) is 6.20 Å². The quantitative estimate of drug-likeness (QED) is 0.451. The lowest BCUT2D eigenvalue weighted by molar-refractivity contribution is -0.126. The number of hydrogen-bond donors (Lipinski definition) is 1. The molecule has 4 aromatic rings. The number of pyridine rings is 1. The van der Waals surface area contributed by atoms with Crippen LogP contribution in [0, 0.1) is 5.41 Å². The first kappa shape index (κ1) is 18.5. The van der Waals surface area contributed by atoms with Gasteiger partial charge in [0, 0.05) is 23.4 Å². The van der Waals surface area contributed by atoms with Crippen molar-refractivity contribution in [3.63, 3.8) is 0 Å². The summed E-state index contributed by atoms with van der Waals surface area (Å²) in [4.78, 5) is 22.7. The molecule has 7 rings (SSSR count). The maximum Gasteiger partial charge on any atom is 0.233 e. The zero-order chi connectivity index (χ0) is 21.0. The van der Waals surface area contributed by atoms with E-state index in [1.165, 1.54) is 33.6 Å². The van der Waals surface area contributed by atoms with Crippen LogP contribution in [-0.2, 0) is 4.79 Å². The molecule has 2 aromatic carbocycles. The van der Waals surface area contributed by atoms with Gasteiger partial charge in [-0.05, 0) is 47.7 Å². The second-order valence-corrected chi connectivity index (χ2v) is 9.43. The summed E-state index contributed by atoms with van der Waals surface area (Å²) in [5.74, 6) is 0.321. The van der Waals surface area contributed by atoms with Crippen LogP contribution in [-0.4, -0.2) is 15.9 Å². The van der Waals surface area contributed by atoms with Gasteiger partial charge in [-0.25, -0.2) is 4.98 Å². The van der Waals surface area contributed by atoms with Crippen molar-refractivity contribution in [3.05, 3.63) is 101 Å². The van der Waals surface area contributed by atoms with Gasteiger partial charge in [0.1, 0.15) is 5.69 Å². The van der Waals surface area contributed by atoms with Crippen molar-refractivity contribution in [1.29, 1.82) is 0 Å². The van der Waals surface area contributed by atoms with E-state index in [1.807, 2.05) is 23.6 Å². The van der Waals surface area contributed by atoms with E-state index < -0.39 is 5.41 Å². The Morgan fingerprint density at radius 1 is 0.935 bits per heavy atom. The molecule has 1 unspecified atom stereocenters. The SMILES string of the molecule is CC1(C(=O)Nc2nc(-c3ccccn3)cs2)CC2c3ccccc3C1c1ccccc12. The first-order chi connectivity index (χ1) is 15.1. The van der Waals surface area contributed by atoms with Crippen LogP contribution >= 0.6 is 11.3 Å². The Hall–Kier alpha value is -3.31. The van der Waals surface area contributed by atoms with E-state index in [9.17, 15) is 4.79 Å². The molecule has 0 spiro atoms. The molecule has 4 nitrogen and oxygen atoms in total. The highest BCUT2D eigenvalue weighted by molar-refractivity contribution is 7.14. The van der Waals surface area contributed by atoms with Gasteiger partial charge in [0.05, 0.1) is 11.1 Å². The van der Waals surface area contributed by atoms with Crippen LogP contribution in [0.4, 0.5) is 5.13 Å². The van der Waals surface area contributed by atoms with E-state index in [0.29, 0.717) is 5.13 Å². The predicted molar refractivity (Wildman–Crippen MR) is 123 cm³/mol. The van der Waals surface area contributed by atoms with Gasteiger partial charge < -0.3 is 5.32 Å². The Kier molecular flexibility index (Phi) is 4.08. The molecule has 31 heavy (non-hydrogen) atoms. The van der Waals surface area contributed by atoms with Gasteiger partial charge in [-0.1, -0.05) is 54.6 Å². The van der Waals surface area contributed by atoms with E-state index >= 15 is 0 Å². The maximum atomic E-state index is 13.7. The number of rotatable bonds is 3. The highest BCUT2D eigenvalue weighted by atomic mass is 32.1. The Morgan fingerprint density at radius 2 is 1.58 bits per heavy atom. The van der Waals surface area contributed by atoms with Gasteiger partial charge in [-0.15, -0.1) is 11.3 Å². The monoisotopic (exact) mass is 423 g/mol. The number of benzene rings is 2. The third-order valence-electron chi connectivity index (χ3n) is 6.80.